The van der Waals surface area contributed by atoms with Crippen LogP contribution >= 0.6 is 0 Å². The number of aromatic nitrogens is 2. The van der Waals surface area contributed by atoms with Gasteiger partial charge < -0.3 is 9.47 Å². The van der Waals surface area contributed by atoms with Gasteiger partial charge in [0.1, 0.15) is 6.04 Å². The highest BCUT2D eigenvalue weighted by molar-refractivity contribution is 7.89. The standard InChI is InChI=1S/C22H18N6O4S/c1-25-11-19(24-12-25)33(31,32)26-10-14-8-18(26)20-21(29)28(22(30)27(14)20)17-7-6-13(9-23)15-4-2-3-5-16(15)17/h2-7,11-12,14,18,20H,8,10H2,1H3/t14?,18?,20-/m0/s1. The summed E-state index contributed by atoms with van der Waals surface area (Å²) in [5.41, 5.74) is 0.842. The smallest absolute Gasteiger partial charge is 0.332 e. The predicted molar refractivity (Wildman–Crippen MR) is 116 cm³/mol. The molecule has 4 heterocycles. The van der Waals surface area contributed by atoms with Gasteiger partial charge in [0.2, 0.25) is 0 Å². The molecule has 3 atom stereocenters. The van der Waals surface area contributed by atoms with Crippen molar-refractivity contribution in [1.82, 2.24) is 18.8 Å². The summed E-state index contributed by atoms with van der Waals surface area (Å²) >= 11 is 0. The number of hydrogen-bond donors (Lipinski definition) is 0. The molecule has 3 saturated heterocycles. The second-order valence-corrected chi connectivity index (χ2v) is 10.3. The molecule has 2 unspecified atom stereocenters. The highest BCUT2D eigenvalue weighted by Gasteiger charge is 2.64. The minimum absolute atomic E-state index is 0.0733. The number of amides is 3. The number of carbonyl (C=O) groups is 2. The molecule has 33 heavy (non-hydrogen) atoms. The molecule has 3 fully saturated rings. The van der Waals surface area contributed by atoms with Crippen LogP contribution in [0.15, 0.2) is 53.9 Å². The van der Waals surface area contributed by atoms with E-state index < -0.39 is 34.0 Å². The number of imidazole rings is 1. The molecular weight excluding hydrogens is 444 g/mol. The lowest BCUT2D eigenvalue weighted by molar-refractivity contribution is -0.120. The van der Waals surface area contributed by atoms with Crippen LogP contribution in [-0.2, 0) is 21.9 Å². The quantitative estimate of drug-likeness (QED) is 0.543. The van der Waals surface area contributed by atoms with E-state index in [1.165, 1.54) is 21.7 Å². The third-order valence-corrected chi connectivity index (χ3v) is 8.51. The average Bonchev–Trinajstić information content (AvgIpc) is 3.57. The first-order valence-corrected chi connectivity index (χ1v) is 11.8. The number of piperazine rings is 1. The van der Waals surface area contributed by atoms with E-state index in [-0.39, 0.29) is 17.6 Å². The normalized spacial score (nSPS) is 24.7. The maximum absolute atomic E-state index is 13.6. The number of aryl methyl sites for hydroxylation is 1. The first-order chi connectivity index (χ1) is 15.8. The molecule has 2 aromatic carbocycles. The van der Waals surface area contributed by atoms with Crippen molar-refractivity contribution in [2.75, 3.05) is 11.4 Å². The van der Waals surface area contributed by atoms with Gasteiger partial charge in [-0.25, -0.2) is 23.1 Å². The fraction of sp³-hybridized carbons (Fsp3) is 0.273. The van der Waals surface area contributed by atoms with Gasteiger partial charge in [-0.2, -0.15) is 9.57 Å². The van der Waals surface area contributed by atoms with Gasteiger partial charge in [-0.05, 0) is 18.6 Å². The maximum atomic E-state index is 13.6. The second kappa shape index (κ2) is 6.63. The highest BCUT2D eigenvalue weighted by Crippen LogP contribution is 2.45. The maximum Gasteiger partial charge on any atom is 0.332 e. The van der Waals surface area contributed by atoms with Crippen LogP contribution in [0, 0.1) is 11.3 Å². The van der Waals surface area contributed by atoms with Crippen LogP contribution in [0.25, 0.3) is 10.8 Å². The lowest BCUT2D eigenvalue weighted by Crippen LogP contribution is -2.54. The van der Waals surface area contributed by atoms with Gasteiger partial charge in [-0.1, -0.05) is 24.3 Å². The largest absolute Gasteiger partial charge is 0.339 e. The van der Waals surface area contributed by atoms with E-state index >= 15 is 0 Å². The van der Waals surface area contributed by atoms with E-state index in [9.17, 15) is 23.3 Å². The molecule has 10 nitrogen and oxygen atoms in total. The number of carbonyl (C=O) groups excluding carboxylic acids is 2. The summed E-state index contributed by atoms with van der Waals surface area (Å²) in [6.45, 7) is 0.126. The van der Waals surface area contributed by atoms with Gasteiger partial charge in [-0.3, -0.25) is 4.79 Å². The number of urea groups is 1. The lowest BCUT2D eigenvalue weighted by Gasteiger charge is -2.33. The van der Waals surface area contributed by atoms with Crippen molar-refractivity contribution in [3.8, 4) is 6.07 Å². The van der Waals surface area contributed by atoms with Crippen molar-refractivity contribution in [3.63, 3.8) is 0 Å². The molecule has 3 aliphatic rings. The number of imide groups is 1. The van der Waals surface area contributed by atoms with E-state index in [1.807, 2.05) is 0 Å². The first kappa shape index (κ1) is 19.9. The molecule has 0 aliphatic carbocycles. The van der Waals surface area contributed by atoms with Crippen molar-refractivity contribution in [2.45, 2.75) is 29.6 Å². The zero-order chi connectivity index (χ0) is 23.1. The van der Waals surface area contributed by atoms with Gasteiger partial charge in [0.15, 0.2) is 5.03 Å². The Bertz CT molecular complexity index is 1510. The molecule has 1 aromatic heterocycles. The number of sulfonamides is 1. The molecular formula is C22H18N6O4S. The van der Waals surface area contributed by atoms with Crippen molar-refractivity contribution in [2.24, 2.45) is 7.05 Å². The van der Waals surface area contributed by atoms with E-state index in [2.05, 4.69) is 11.1 Å². The lowest BCUT2D eigenvalue weighted by atomic mass is 10.0. The SMILES string of the molecule is Cn1cnc(S(=O)(=O)N2CC3CC2[C@H]2C(=O)N(c4ccc(C#N)c5ccccc45)C(=O)N32)c1. The summed E-state index contributed by atoms with van der Waals surface area (Å²) in [7, 11) is -2.21. The van der Waals surface area contributed by atoms with Crippen LogP contribution in [0.4, 0.5) is 10.5 Å². The van der Waals surface area contributed by atoms with Gasteiger partial charge >= 0.3 is 6.03 Å². The Balaban J connectivity index is 1.40. The molecule has 3 aromatic rings. The number of nitriles is 1. The Labute approximate surface area is 189 Å². The number of anilines is 1. The molecule has 0 radical (unpaired) electrons. The van der Waals surface area contributed by atoms with Gasteiger partial charge in [0.05, 0.1) is 29.7 Å². The van der Waals surface area contributed by atoms with Crippen molar-refractivity contribution in [1.29, 1.82) is 5.26 Å². The zero-order valence-corrected chi connectivity index (χ0v) is 18.3. The topological polar surface area (TPSA) is 120 Å². The molecule has 0 N–H and O–H groups in total. The predicted octanol–water partition coefficient (Wildman–Crippen LogP) is 1.43. The van der Waals surface area contributed by atoms with Gasteiger partial charge in [0, 0.05) is 36.6 Å². The summed E-state index contributed by atoms with van der Waals surface area (Å²) in [5, 5.41) is 10.6. The van der Waals surface area contributed by atoms with E-state index in [4.69, 9.17) is 0 Å². The summed E-state index contributed by atoms with van der Waals surface area (Å²) in [6.07, 6.45) is 3.25. The third kappa shape index (κ3) is 2.56. The van der Waals surface area contributed by atoms with Gasteiger partial charge in [-0.15, -0.1) is 0 Å². The van der Waals surface area contributed by atoms with Crippen molar-refractivity contribution >= 4 is 38.4 Å². The summed E-state index contributed by atoms with van der Waals surface area (Å²) in [6, 6.07) is 10.1. The van der Waals surface area contributed by atoms with Crippen LogP contribution in [0.1, 0.15) is 12.0 Å². The molecule has 6 rings (SSSR count). The van der Waals surface area contributed by atoms with Crippen LogP contribution in [0.3, 0.4) is 0 Å². The van der Waals surface area contributed by atoms with Gasteiger partial charge in [0.25, 0.3) is 15.9 Å². The second-order valence-electron chi connectivity index (χ2n) is 8.51. The molecule has 0 saturated carbocycles. The van der Waals surface area contributed by atoms with Crippen LogP contribution < -0.4 is 4.90 Å². The number of hydrogen-bond acceptors (Lipinski definition) is 6. The summed E-state index contributed by atoms with van der Waals surface area (Å²) in [4.78, 5) is 33.6. The third-order valence-electron chi connectivity index (χ3n) is 6.73. The Morgan fingerprint density at radius 3 is 2.58 bits per heavy atom. The molecule has 166 valence electrons. The monoisotopic (exact) mass is 462 g/mol. The van der Waals surface area contributed by atoms with Crippen LogP contribution in [0.2, 0.25) is 0 Å². The average molecular weight is 462 g/mol. The summed E-state index contributed by atoms with van der Waals surface area (Å²) in [5.74, 6) is -0.455. The van der Waals surface area contributed by atoms with E-state index in [0.717, 1.165) is 4.90 Å². The minimum Gasteiger partial charge on any atom is -0.339 e. The number of fused-ring (bicyclic) bond motifs is 6. The fourth-order valence-electron chi connectivity index (χ4n) is 5.33. The zero-order valence-electron chi connectivity index (χ0n) is 17.5. The van der Waals surface area contributed by atoms with Crippen LogP contribution in [-0.4, -0.2) is 63.8 Å². The van der Waals surface area contributed by atoms with Crippen LogP contribution in [0.5, 0.6) is 0 Å². The Kier molecular flexibility index (Phi) is 4.00. The Morgan fingerprint density at radius 2 is 1.88 bits per heavy atom. The fourth-order valence-corrected chi connectivity index (χ4v) is 6.98. The van der Waals surface area contributed by atoms with E-state index in [0.29, 0.717) is 28.4 Å². The Hall–Kier alpha value is -3.75. The minimum atomic E-state index is -3.90. The molecule has 3 aliphatic heterocycles. The molecule has 11 heteroatoms. The number of benzene rings is 2. The van der Waals surface area contributed by atoms with E-state index in [1.54, 1.807) is 48.0 Å². The van der Waals surface area contributed by atoms with Crippen molar-refractivity contribution < 1.29 is 18.0 Å². The molecule has 2 bridgehead atoms. The summed E-state index contributed by atoms with van der Waals surface area (Å²) < 4.78 is 29.3. The van der Waals surface area contributed by atoms with Crippen molar-refractivity contribution in [3.05, 3.63) is 54.5 Å². The first-order valence-electron chi connectivity index (χ1n) is 10.4. The number of nitrogens with zero attached hydrogens (tertiary/aromatic N) is 6. The number of rotatable bonds is 3. The Morgan fingerprint density at radius 1 is 1.12 bits per heavy atom. The highest BCUT2D eigenvalue weighted by atomic mass is 32.2. The molecule has 3 amide bonds. The molecule has 0 spiro atoms.